The van der Waals surface area contributed by atoms with Crippen molar-refractivity contribution in [2.75, 3.05) is 6.54 Å². The van der Waals surface area contributed by atoms with E-state index in [0.717, 1.165) is 37.2 Å². The number of imide groups is 1. The molecular weight excluding hydrogens is 392 g/mol. The fraction of sp³-hybridized carbons (Fsp3) is 0.375. The number of carbonyl (C=O) groups excluding carboxylic acids is 3. The number of benzene rings is 2. The van der Waals surface area contributed by atoms with Crippen LogP contribution in [-0.4, -0.2) is 35.2 Å². The monoisotopic (exact) mass is 418 g/mol. The minimum atomic E-state index is -0.571. The van der Waals surface area contributed by atoms with Gasteiger partial charge in [0, 0.05) is 38.2 Å². The number of hydrogen-bond acceptors (Lipinski definition) is 5. The average molecular weight is 418 g/mol. The molecular formula is C24H26N4O3. The highest BCUT2D eigenvalue weighted by atomic mass is 16.2. The number of hydrogen-bond donors (Lipinski definition) is 3. The first-order valence-corrected chi connectivity index (χ1v) is 10.9. The van der Waals surface area contributed by atoms with Gasteiger partial charge in [-0.2, -0.15) is 0 Å². The molecule has 31 heavy (non-hydrogen) atoms. The summed E-state index contributed by atoms with van der Waals surface area (Å²) in [6.07, 6.45) is 1.71. The Hall–Kier alpha value is -3.03. The summed E-state index contributed by atoms with van der Waals surface area (Å²) < 4.78 is 0. The average Bonchev–Trinajstić information content (AvgIpc) is 3.09. The van der Waals surface area contributed by atoms with E-state index in [1.165, 1.54) is 16.7 Å². The number of fused-ring (bicyclic) bond motifs is 2. The fourth-order valence-corrected chi connectivity index (χ4v) is 4.86. The summed E-state index contributed by atoms with van der Waals surface area (Å²) in [5.74, 6) is -0.774. The van der Waals surface area contributed by atoms with Gasteiger partial charge in [0.1, 0.15) is 6.04 Å². The van der Waals surface area contributed by atoms with E-state index in [-0.39, 0.29) is 24.1 Å². The van der Waals surface area contributed by atoms with Gasteiger partial charge in [-0.25, -0.2) is 0 Å². The van der Waals surface area contributed by atoms with E-state index in [1.807, 2.05) is 12.1 Å². The standard InChI is InChI=1S/C24H26N4O3/c29-22-7-6-21(23(30)27-22)28-14-18-10-15(4-5-20(18)24(28)31)11-26-13-17-3-1-2-16-12-25-9-8-19(16)17/h1-5,10,21,25-26H,6-9,11-14H2,(H,27,29,30). The van der Waals surface area contributed by atoms with Crippen molar-refractivity contribution >= 4 is 17.7 Å². The van der Waals surface area contributed by atoms with Crippen LogP contribution in [0.5, 0.6) is 0 Å². The van der Waals surface area contributed by atoms with Crippen LogP contribution in [0.2, 0.25) is 0 Å². The molecule has 2 aromatic rings. The van der Waals surface area contributed by atoms with Gasteiger partial charge in [0.15, 0.2) is 0 Å². The molecule has 1 saturated heterocycles. The molecule has 5 rings (SSSR count). The first kappa shape index (κ1) is 19.9. The molecule has 0 aliphatic carbocycles. The molecule has 0 aromatic heterocycles. The Morgan fingerprint density at radius 1 is 1.03 bits per heavy atom. The van der Waals surface area contributed by atoms with Crippen molar-refractivity contribution in [1.82, 2.24) is 20.9 Å². The maximum absolute atomic E-state index is 12.8. The number of nitrogens with one attached hydrogen (secondary N) is 3. The third-order valence-corrected chi connectivity index (χ3v) is 6.47. The van der Waals surface area contributed by atoms with Crippen LogP contribution in [0, 0.1) is 0 Å². The lowest BCUT2D eigenvalue weighted by Crippen LogP contribution is -2.52. The van der Waals surface area contributed by atoms with Gasteiger partial charge >= 0.3 is 0 Å². The molecule has 2 aromatic carbocycles. The molecule has 0 radical (unpaired) electrons. The Kier molecular flexibility index (Phi) is 5.29. The fourth-order valence-electron chi connectivity index (χ4n) is 4.86. The van der Waals surface area contributed by atoms with Crippen LogP contribution in [0.4, 0.5) is 0 Å². The minimum absolute atomic E-state index is 0.131. The lowest BCUT2D eigenvalue weighted by atomic mass is 9.95. The van der Waals surface area contributed by atoms with E-state index in [0.29, 0.717) is 25.1 Å². The van der Waals surface area contributed by atoms with Gasteiger partial charge in [-0.1, -0.05) is 30.3 Å². The number of amides is 3. The van der Waals surface area contributed by atoms with Gasteiger partial charge in [0.05, 0.1) is 0 Å². The summed E-state index contributed by atoms with van der Waals surface area (Å²) in [5, 5.41) is 9.30. The van der Waals surface area contributed by atoms with Gasteiger partial charge in [-0.05, 0) is 53.3 Å². The number of nitrogens with zero attached hydrogens (tertiary/aromatic N) is 1. The van der Waals surface area contributed by atoms with E-state index in [4.69, 9.17) is 0 Å². The Morgan fingerprint density at radius 3 is 2.81 bits per heavy atom. The van der Waals surface area contributed by atoms with E-state index in [9.17, 15) is 14.4 Å². The van der Waals surface area contributed by atoms with E-state index in [1.54, 1.807) is 4.90 Å². The van der Waals surface area contributed by atoms with Gasteiger partial charge < -0.3 is 15.5 Å². The van der Waals surface area contributed by atoms with Gasteiger partial charge in [-0.15, -0.1) is 0 Å². The zero-order valence-electron chi connectivity index (χ0n) is 17.4. The van der Waals surface area contributed by atoms with Crippen molar-refractivity contribution in [3.05, 3.63) is 69.8 Å². The first-order valence-electron chi connectivity index (χ1n) is 10.9. The van der Waals surface area contributed by atoms with E-state index >= 15 is 0 Å². The summed E-state index contributed by atoms with van der Waals surface area (Å²) in [5.41, 5.74) is 6.89. The van der Waals surface area contributed by atoms with Crippen LogP contribution in [0.25, 0.3) is 0 Å². The zero-order valence-corrected chi connectivity index (χ0v) is 17.4. The molecule has 0 bridgehead atoms. The van der Waals surface area contributed by atoms with Crippen LogP contribution in [-0.2, 0) is 42.2 Å². The second-order valence-electron chi connectivity index (χ2n) is 8.48. The van der Waals surface area contributed by atoms with Crippen molar-refractivity contribution < 1.29 is 14.4 Å². The summed E-state index contributed by atoms with van der Waals surface area (Å²) >= 11 is 0. The van der Waals surface area contributed by atoms with Crippen LogP contribution >= 0.6 is 0 Å². The third kappa shape index (κ3) is 3.86. The van der Waals surface area contributed by atoms with E-state index < -0.39 is 6.04 Å². The number of carbonyl (C=O) groups is 3. The number of piperidine rings is 1. The molecule has 3 N–H and O–H groups in total. The zero-order chi connectivity index (χ0) is 21.4. The normalized spacial score (nSPS) is 20.5. The number of rotatable bonds is 5. The molecule has 1 unspecified atom stereocenters. The van der Waals surface area contributed by atoms with Crippen molar-refractivity contribution in [2.24, 2.45) is 0 Å². The van der Waals surface area contributed by atoms with Gasteiger partial charge in [-0.3, -0.25) is 19.7 Å². The Balaban J connectivity index is 1.24. The summed E-state index contributed by atoms with van der Waals surface area (Å²) in [7, 11) is 0. The predicted molar refractivity (Wildman–Crippen MR) is 115 cm³/mol. The lowest BCUT2D eigenvalue weighted by Gasteiger charge is -2.29. The molecule has 3 heterocycles. The Labute approximate surface area is 181 Å². The molecule has 0 spiro atoms. The second-order valence-corrected chi connectivity index (χ2v) is 8.48. The Morgan fingerprint density at radius 2 is 1.94 bits per heavy atom. The van der Waals surface area contributed by atoms with Crippen molar-refractivity contribution in [3.8, 4) is 0 Å². The molecule has 1 atom stereocenters. The SMILES string of the molecule is O=C1CCC(N2Cc3cc(CNCc4cccc5c4CCNC5)ccc3C2=O)C(=O)N1. The lowest BCUT2D eigenvalue weighted by molar-refractivity contribution is -0.136. The second kappa shape index (κ2) is 8.24. The molecule has 3 amide bonds. The quantitative estimate of drug-likeness (QED) is 0.639. The summed E-state index contributed by atoms with van der Waals surface area (Å²) in [6.45, 7) is 3.88. The third-order valence-electron chi connectivity index (χ3n) is 6.47. The highest BCUT2D eigenvalue weighted by molar-refractivity contribution is 6.05. The molecule has 160 valence electrons. The molecule has 7 nitrogen and oxygen atoms in total. The van der Waals surface area contributed by atoms with Crippen molar-refractivity contribution in [2.45, 2.75) is 51.5 Å². The summed E-state index contributed by atoms with van der Waals surface area (Å²) in [6, 6.07) is 11.8. The van der Waals surface area contributed by atoms with Crippen LogP contribution in [0.3, 0.4) is 0 Å². The molecule has 0 saturated carbocycles. The summed E-state index contributed by atoms with van der Waals surface area (Å²) in [4.78, 5) is 38.0. The molecule has 3 aliphatic heterocycles. The smallest absolute Gasteiger partial charge is 0.255 e. The van der Waals surface area contributed by atoms with Crippen LogP contribution in [0.1, 0.15) is 51.0 Å². The van der Waals surface area contributed by atoms with E-state index in [2.05, 4.69) is 40.2 Å². The highest BCUT2D eigenvalue weighted by Gasteiger charge is 2.39. The molecule has 1 fully saturated rings. The largest absolute Gasteiger partial charge is 0.322 e. The van der Waals surface area contributed by atoms with Gasteiger partial charge in [0.2, 0.25) is 11.8 Å². The topological polar surface area (TPSA) is 90.5 Å². The molecule has 3 aliphatic rings. The van der Waals surface area contributed by atoms with Crippen LogP contribution in [0.15, 0.2) is 36.4 Å². The van der Waals surface area contributed by atoms with Crippen LogP contribution < -0.4 is 16.0 Å². The van der Waals surface area contributed by atoms with Crippen molar-refractivity contribution in [3.63, 3.8) is 0 Å². The maximum Gasteiger partial charge on any atom is 0.255 e. The maximum atomic E-state index is 12.8. The minimum Gasteiger partial charge on any atom is -0.322 e. The molecule has 7 heteroatoms. The highest BCUT2D eigenvalue weighted by Crippen LogP contribution is 2.28. The first-order chi connectivity index (χ1) is 15.1. The van der Waals surface area contributed by atoms with Gasteiger partial charge in [0.25, 0.3) is 5.91 Å². The van der Waals surface area contributed by atoms with Crippen molar-refractivity contribution in [1.29, 1.82) is 0 Å². The predicted octanol–water partition coefficient (Wildman–Crippen LogP) is 1.38. The Bertz CT molecular complexity index is 1060.